The molecule has 0 aromatic heterocycles. The van der Waals surface area contributed by atoms with E-state index < -0.39 is 5.97 Å². The van der Waals surface area contributed by atoms with Gasteiger partial charge in [0.2, 0.25) is 0 Å². The fraction of sp³-hybridized carbons (Fsp3) is 0.190. The molecule has 6 nitrogen and oxygen atoms in total. The van der Waals surface area contributed by atoms with Crippen LogP contribution in [0, 0.1) is 5.82 Å². The summed E-state index contributed by atoms with van der Waals surface area (Å²) >= 11 is 11.6. The molecule has 0 spiro atoms. The average Bonchev–Trinajstić information content (AvgIpc) is 2.91. The van der Waals surface area contributed by atoms with Crippen molar-refractivity contribution in [3.05, 3.63) is 70.1 Å². The summed E-state index contributed by atoms with van der Waals surface area (Å²) in [5, 5.41) is 0.527. The van der Waals surface area contributed by atoms with Crippen molar-refractivity contribution in [3.63, 3.8) is 0 Å². The van der Waals surface area contributed by atoms with Crippen molar-refractivity contribution in [2.24, 2.45) is 0 Å². The van der Waals surface area contributed by atoms with Crippen LogP contribution in [0.3, 0.4) is 0 Å². The van der Waals surface area contributed by atoms with E-state index in [1.165, 1.54) is 36.1 Å². The van der Waals surface area contributed by atoms with E-state index in [-0.39, 0.29) is 35.7 Å². The minimum atomic E-state index is -0.523. The van der Waals surface area contributed by atoms with Gasteiger partial charge in [-0.05, 0) is 53.7 Å². The number of thiocarbonyl (C=S) groups is 1. The fourth-order valence-corrected chi connectivity index (χ4v) is 3.30. The van der Waals surface area contributed by atoms with E-state index in [9.17, 15) is 14.0 Å². The number of carbonyl (C=O) groups excluding carboxylic acids is 2. The lowest BCUT2D eigenvalue weighted by atomic mass is 10.1. The number of halogens is 2. The topological polar surface area (TPSA) is 59.1 Å². The number of amides is 1. The Hall–Kier alpha value is -2.97. The first-order valence-electron chi connectivity index (χ1n) is 8.85. The summed E-state index contributed by atoms with van der Waals surface area (Å²) in [5.74, 6) is -0.790. The van der Waals surface area contributed by atoms with Crippen LogP contribution in [0.4, 0.5) is 4.39 Å². The first kappa shape index (κ1) is 21.7. The standard InChI is InChI=1S/C21H18ClFN2O4S/c1-24-20(27)17(25(21(24)30)11-19(26)28-2)10-13-6-7-18(16(22)9-13)29-12-14-4-3-5-15(23)8-14/h3-10H,11-12H2,1-2H3/b17-10-. The second kappa shape index (κ2) is 9.23. The van der Waals surface area contributed by atoms with Gasteiger partial charge in [-0.2, -0.15) is 0 Å². The van der Waals surface area contributed by atoms with Gasteiger partial charge in [0.15, 0.2) is 5.11 Å². The molecule has 0 atom stereocenters. The molecule has 156 valence electrons. The highest BCUT2D eigenvalue weighted by Gasteiger charge is 2.36. The molecule has 9 heteroatoms. The second-order valence-electron chi connectivity index (χ2n) is 6.45. The first-order chi connectivity index (χ1) is 14.3. The molecular weight excluding hydrogens is 431 g/mol. The first-order valence-corrected chi connectivity index (χ1v) is 9.63. The van der Waals surface area contributed by atoms with Crippen LogP contribution in [-0.2, 0) is 20.9 Å². The number of benzene rings is 2. The van der Waals surface area contributed by atoms with Crippen LogP contribution in [0.2, 0.25) is 5.02 Å². The van der Waals surface area contributed by atoms with Crippen LogP contribution in [0.1, 0.15) is 11.1 Å². The summed E-state index contributed by atoms with van der Waals surface area (Å²) in [7, 11) is 2.80. The van der Waals surface area contributed by atoms with Gasteiger partial charge in [0, 0.05) is 7.05 Å². The van der Waals surface area contributed by atoms with Gasteiger partial charge in [0.25, 0.3) is 5.91 Å². The SMILES string of the molecule is COC(=O)CN1C(=S)N(C)C(=O)/C1=C/c1ccc(OCc2cccc(F)c2)c(Cl)c1. The molecule has 1 heterocycles. The number of methoxy groups -OCH3 is 1. The number of rotatable bonds is 6. The minimum absolute atomic E-state index is 0.155. The fourth-order valence-electron chi connectivity index (χ4n) is 2.81. The van der Waals surface area contributed by atoms with E-state index in [0.717, 1.165) is 0 Å². The van der Waals surface area contributed by atoms with Crippen molar-refractivity contribution in [2.45, 2.75) is 6.61 Å². The molecule has 2 aromatic rings. The Morgan fingerprint density at radius 3 is 2.70 bits per heavy atom. The van der Waals surface area contributed by atoms with Crippen molar-refractivity contribution in [1.29, 1.82) is 0 Å². The number of ether oxygens (including phenoxy) is 2. The predicted octanol–water partition coefficient (Wildman–Crippen LogP) is 3.63. The lowest BCUT2D eigenvalue weighted by Gasteiger charge is -2.17. The molecular formula is C21H18ClFN2O4S. The van der Waals surface area contributed by atoms with E-state index >= 15 is 0 Å². The lowest BCUT2D eigenvalue weighted by molar-refractivity contribution is -0.140. The summed E-state index contributed by atoms with van der Waals surface area (Å²) in [6.07, 6.45) is 1.59. The maximum absolute atomic E-state index is 13.3. The average molecular weight is 449 g/mol. The van der Waals surface area contributed by atoms with Crippen molar-refractivity contribution < 1.29 is 23.5 Å². The Morgan fingerprint density at radius 2 is 2.03 bits per heavy atom. The Kier molecular flexibility index (Phi) is 6.69. The quantitative estimate of drug-likeness (QED) is 0.382. The molecule has 0 N–H and O–H groups in total. The molecule has 1 aliphatic heterocycles. The highest BCUT2D eigenvalue weighted by molar-refractivity contribution is 7.80. The predicted molar refractivity (Wildman–Crippen MR) is 114 cm³/mol. The zero-order chi connectivity index (χ0) is 21.8. The van der Waals surface area contributed by atoms with Gasteiger partial charge in [-0.1, -0.05) is 29.8 Å². The number of esters is 1. The van der Waals surface area contributed by atoms with Crippen molar-refractivity contribution >= 4 is 46.9 Å². The van der Waals surface area contributed by atoms with Crippen LogP contribution >= 0.6 is 23.8 Å². The van der Waals surface area contributed by atoms with E-state index in [4.69, 9.17) is 28.6 Å². The highest BCUT2D eigenvalue weighted by Crippen LogP contribution is 2.29. The summed E-state index contributed by atoms with van der Waals surface area (Å²) < 4.78 is 23.6. The van der Waals surface area contributed by atoms with Crippen molar-refractivity contribution in [1.82, 2.24) is 9.80 Å². The maximum atomic E-state index is 13.3. The lowest BCUT2D eigenvalue weighted by Crippen LogP contribution is -2.33. The van der Waals surface area contributed by atoms with E-state index in [1.54, 1.807) is 36.4 Å². The number of likely N-dealkylation sites (N-methyl/N-ethyl adjacent to an activating group) is 1. The Balaban J connectivity index is 1.80. The van der Waals surface area contributed by atoms with Crippen LogP contribution in [-0.4, -0.2) is 47.5 Å². The van der Waals surface area contributed by atoms with Crippen LogP contribution in [0.15, 0.2) is 48.2 Å². The van der Waals surface area contributed by atoms with Gasteiger partial charge in [-0.25, -0.2) is 4.39 Å². The van der Waals surface area contributed by atoms with Gasteiger partial charge in [0.1, 0.15) is 30.4 Å². The van der Waals surface area contributed by atoms with Crippen molar-refractivity contribution in [3.8, 4) is 5.75 Å². The Morgan fingerprint density at radius 1 is 1.27 bits per heavy atom. The Bertz CT molecular complexity index is 1040. The molecule has 0 radical (unpaired) electrons. The van der Waals surface area contributed by atoms with Gasteiger partial charge in [-0.15, -0.1) is 0 Å². The van der Waals surface area contributed by atoms with Crippen LogP contribution in [0.25, 0.3) is 6.08 Å². The molecule has 0 unspecified atom stereocenters. The number of hydrogen-bond donors (Lipinski definition) is 0. The maximum Gasteiger partial charge on any atom is 0.325 e. The van der Waals surface area contributed by atoms with Gasteiger partial charge in [0.05, 0.1) is 12.1 Å². The van der Waals surface area contributed by atoms with E-state index in [0.29, 0.717) is 21.9 Å². The third kappa shape index (κ3) is 4.77. The van der Waals surface area contributed by atoms with E-state index in [1.807, 2.05) is 0 Å². The summed E-state index contributed by atoms with van der Waals surface area (Å²) in [6.45, 7) is -0.0256. The Labute approximate surface area is 183 Å². The van der Waals surface area contributed by atoms with Gasteiger partial charge < -0.3 is 14.4 Å². The monoisotopic (exact) mass is 448 g/mol. The molecule has 0 aliphatic carbocycles. The second-order valence-corrected chi connectivity index (χ2v) is 7.22. The summed E-state index contributed by atoms with van der Waals surface area (Å²) in [5.41, 5.74) is 1.52. The minimum Gasteiger partial charge on any atom is -0.487 e. The van der Waals surface area contributed by atoms with Crippen LogP contribution < -0.4 is 4.74 Å². The highest BCUT2D eigenvalue weighted by atomic mass is 35.5. The molecule has 30 heavy (non-hydrogen) atoms. The zero-order valence-electron chi connectivity index (χ0n) is 16.2. The van der Waals surface area contributed by atoms with Gasteiger partial charge >= 0.3 is 5.97 Å². The van der Waals surface area contributed by atoms with Crippen LogP contribution in [0.5, 0.6) is 5.75 Å². The molecule has 3 rings (SSSR count). The number of hydrogen-bond acceptors (Lipinski definition) is 5. The third-order valence-electron chi connectivity index (χ3n) is 4.39. The summed E-state index contributed by atoms with van der Waals surface area (Å²) in [4.78, 5) is 26.9. The molecule has 2 aromatic carbocycles. The summed E-state index contributed by atoms with van der Waals surface area (Å²) in [6, 6.07) is 11.1. The smallest absolute Gasteiger partial charge is 0.325 e. The molecule has 1 saturated heterocycles. The van der Waals surface area contributed by atoms with Gasteiger partial charge in [-0.3, -0.25) is 14.5 Å². The molecule has 1 aliphatic rings. The number of nitrogens with zero attached hydrogens (tertiary/aromatic N) is 2. The molecule has 0 bridgehead atoms. The normalized spacial score (nSPS) is 15.1. The van der Waals surface area contributed by atoms with E-state index in [2.05, 4.69) is 4.74 Å². The molecule has 1 amide bonds. The van der Waals surface area contributed by atoms with Crippen molar-refractivity contribution in [2.75, 3.05) is 20.7 Å². The third-order valence-corrected chi connectivity index (χ3v) is 5.18. The zero-order valence-corrected chi connectivity index (χ0v) is 17.8. The largest absolute Gasteiger partial charge is 0.487 e. The number of carbonyl (C=O) groups is 2. The molecule has 0 saturated carbocycles. The molecule has 1 fully saturated rings.